The van der Waals surface area contributed by atoms with Crippen molar-refractivity contribution in [2.24, 2.45) is 0 Å². The molecular formula is C58H94O6. The van der Waals surface area contributed by atoms with E-state index >= 15 is 0 Å². The molecule has 0 aliphatic carbocycles. The smallest absolute Gasteiger partial charge is 0.306 e. The molecule has 362 valence electrons. The van der Waals surface area contributed by atoms with Gasteiger partial charge in [-0.15, -0.1) is 0 Å². The summed E-state index contributed by atoms with van der Waals surface area (Å²) in [6.07, 6.45) is 69.2. The van der Waals surface area contributed by atoms with E-state index in [0.717, 1.165) is 103 Å². The molecule has 0 saturated heterocycles. The van der Waals surface area contributed by atoms with E-state index in [1.54, 1.807) is 0 Å². The Morgan fingerprint density at radius 2 is 0.688 bits per heavy atom. The Morgan fingerprint density at radius 1 is 0.344 bits per heavy atom. The van der Waals surface area contributed by atoms with Crippen molar-refractivity contribution in [1.29, 1.82) is 0 Å². The van der Waals surface area contributed by atoms with E-state index in [0.29, 0.717) is 19.3 Å². The second kappa shape index (κ2) is 51.7. The molecule has 1 unspecified atom stereocenters. The Labute approximate surface area is 393 Å². The van der Waals surface area contributed by atoms with Gasteiger partial charge in [0.25, 0.3) is 0 Å². The molecule has 6 nitrogen and oxygen atoms in total. The van der Waals surface area contributed by atoms with Crippen molar-refractivity contribution in [3.8, 4) is 0 Å². The minimum absolute atomic E-state index is 0.105. The number of esters is 3. The van der Waals surface area contributed by atoms with E-state index in [1.807, 2.05) is 60.8 Å². The molecule has 0 radical (unpaired) electrons. The third-order valence-electron chi connectivity index (χ3n) is 10.7. The topological polar surface area (TPSA) is 78.9 Å². The first kappa shape index (κ1) is 60.1. The highest BCUT2D eigenvalue weighted by molar-refractivity contribution is 5.71. The molecule has 1 atom stereocenters. The molecule has 0 aromatic carbocycles. The Morgan fingerprint density at radius 3 is 1.16 bits per heavy atom. The minimum Gasteiger partial charge on any atom is -0.462 e. The van der Waals surface area contributed by atoms with Gasteiger partial charge in [-0.1, -0.05) is 239 Å². The van der Waals surface area contributed by atoms with Gasteiger partial charge in [0.1, 0.15) is 13.2 Å². The van der Waals surface area contributed by atoms with Gasteiger partial charge >= 0.3 is 17.9 Å². The van der Waals surface area contributed by atoms with Crippen LogP contribution >= 0.6 is 0 Å². The molecule has 0 aromatic heterocycles. The van der Waals surface area contributed by atoms with Gasteiger partial charge < -0.3 is 14.2 Å². The standard InChI is InChI=1S/C58H94O6/c1-4-7-10-13-16-19-22-25-28-29-31-33-36-39-42-45-48-51-57(60)63-54-55(53-62-56(59)50-47-44-41-38-35-32-27-24-21-18-15-12-9-6-3)64-58(61)52-49-46-43-40-37-34-30-26-23-20-17-14-11-8-5-2/h7,9-10,12-13,16,18-19,21-22,25,27-29,31-33,36,55H,4-6,8,11,14-15,17,20,23-24,26,30,34-35,37-54H2,1-3H3/b10-7-,12-9-,16-13-,21-18-,22-19-,28-25-,31-29+,32-27-,36-33-. The summed E-state index contributed by atoms with van der Waals surface area (Å²) < 4.78 is 16.8. The van der Waals surface area contributed by atoms with E-state index in [4.69, 9.17) is 14.2 Å². The van der Waals surface area contributed by atoms with Crippen LogP contribution in [0, 0.1) is 0 Å². The lowest BCUT2D eigenvalue weighted by atomic mass is 10.0. The van der Waals surface area contributed by atoms with Gasteiger partial charge in [-0.05, 0) is 70.6 Å². The van der Waals surface area contributed by atoms with Crippen molar-refractivity contribution in [3.05, 3.63) is 109 Å². The highest BCUT2D eigenvalue weighted by atomic mass is 16.6. The van der Waals surface area contributed by atoms with Gasteiger partial charge in [-0.25, -0.2) is 0 Å². The number of ether oxygens (including phenoxy) is 3. The molecule has 0 amide bonds. The summed E-state index contributed by atoms with van der Waals surface area (Å²) in [7, 11) is 0. The van der Waals surface area contributed by atoms with Crippen molar-refractivity contribution in [1.82, 2.24) is 0 Å². The fraction of sp³-hybridized carbons (Fsp3) is 0.638. The Kier molecular flexibility index (Phi) is 48.5. The number of hydrogen-bond acceptors (Lipinski definition) is 6. The fourth-order valence-electron chi connectivity index (χ4n) is 6.84. The van der Waals surface area contributed by atoms with Gasteiger partial charge in [-0.2, -0.15) is 0 Å². The SMILES string of the molecule is CC\C=C/C=C\C=C/C=C\C=C\C=C/CCCCCC(=O)OCC(COC(=O)CCCCCC/C=C\C/C=C\C/C=C\CC)OC(=O)CCCCCCCCCCCCCCCCC. The lowest BCUT2D eigenvalue weighted by molar-refractivity contribution is -0.167. The predicted molar refractivity (Wildman–Crippen MR) is 274 cm³/mol. The third kappa shape index (κ3) is 49.1. The van der Waals surface area contributed by atoms with E-state index in [1.165, 1.54) is 77.0 Å². The monoisotopic (exact) mass is 887 g/mol. The van der Waals surface area contributed by atoms with Crippen LogP contribution in [-0.4, -0.2) is 37.2 Å². The van der Waals surface area contributed by atoms with Crippen molar-refractivity contribution >= 4 is 17.9 Å². The first-order valence-corrected chi connectivity index (χ1v) is 26.0. The number of unbranched alkanes of at least 4 members (excludes halogenated alkanes) is 21. The summed E-state index contributed by atoms with van der Waals surface area (Å²) >= 11 is 0. The molecule has 0 saturated carbocycles. The summed E-state index contributed by atoms with van der Waals surface area (Å²) in [4.78, 5) is 38.0. The molecular weight excluding hydrogens is 793 g/mol. The molecule has 0 spiro atoms. The zero-order valence-electron chi connectivity index (χ0n) is 41.3. The lowest BCUT2D eigenvalue weighted by Gasteiger charge is -2.18. The Hall–Kier alpha value is -3.93. The summed E-state index contributed by atoms with van der Waals surface area (Å²) in [6.45, 7) is 6.32. The van der Waals surface area contributed by atoms with Gasteiger partial charge in [0.15, 0.2) is 6.10 Å². The summed E-state index contributed by atoms with van der Waals surface area (Å²) in [5, 5.41) is 0. The molecule has 64 heavy (non-hydrogen) atoms. The van der Waals surface area contributed by atoms with E-state index in [-0.39, 0.29) is 31.1 Å². The third-order valence-corrected chi connectivity index (χ3v) is 10.7. The maximum absolute atomic E-state index is 12.8. The zero-order valence-corrected chi connectivity index (χ0v) is 41.3. The number of rotatable bonds is 45. The number of carbonyl (C=O) groups is 3. The van der Waals surface area contributed by atoms with Crippen LogP contribution in [0.25, 0.3) is 0 Å². The van der Waals surface area contributed by atoms with Gasteiger partial charge in [-0.3, -0.25) is 14.4 Å². The number of allylic oxidation sites excluding steroid dienone is 18. The number of hydrogen-bond donors (Lipinski definition) is 0. The highest BCUT2D eigenvalue weighted by Crippen LogP contribution is 2.15. The van der Waals surface area contributed by atoms with Crippen LogP contribution in [0.3, 0.4) is 0 Å². The molecule has 0 rings (SSSR count). The van der Waals surface area contributed by atoms with Crippen LogP contribution in [0.2, 0.25) is 0 Å². The second-order valence-electron chi connectivity index (χ2n) is 16.8. The summed E-state index contributed by atoms with van der Waals surface area (Å²) in [6, 6.07) is 0. The molecule has 0 fully saturated rings. The van der Waals surface area contributed by atoms with Crippen molar-refractivity contribution < 1.29 is 28.6 Å². The summed E-state index contributed by atoms with van der Waals surface area (Å²) in [5.41, 5.74) is 0. The molecule has 0 aromatic rings. The zero-order chi connectivity index (χ0) is 46.5. The van der Waals surface area contributed by atoms with Crippen LogP contribution < -0.4 is 0 Å². The van der Waals surface area contributed by atoms with E-state index in [9.17, 15) is 14.4 Å². The highest BCUT2D eigenvalue weighted by Gasteiger charge is 2.19. The molecule has 0 heterocycles. The molecule has 0 bridgehead atoms. The van der Waals surface area contributed by atoms with Crippen LogP contribution in [0.5, 0.6) is 0 Å². The first-order chi connectivity index (χ1) is 31.5. The maximum atomic E-state index is 12.8. The minimum atomic E-state index is -0.806. The maximum Gasteiger partial charge on any atom is 0.306 e. The van der Waals surface area contributed by atoms with Crippen molar-refractivity contribution in [3.63, 3.8) is 0 Å². The van der Waals surface area contributed by atoms with Gasteiger partial charge in [0.2, 0.25) is 0 Å². The second-order valence-corrected chi connectivity index (χ2v) is 16.8. The van der Waals surface area contributed by atoms with Crippen molar-refractivity contribution in [2.45, 2.75) is 226 Å². The quantitative estimate of drug-likeness (QED) is 0.0199. The van der Waals surface area contributed by atoms with Crippen LogP contribution in [0.1, 0.15) is 220 Å². The van der Waals surface area contributed by atoms with Gasteiger partial charge in [0.05, 0.1) is 0 Å². The van der Waals surface area contributed by atoms with E-state index in [2.05, 4.69) is 69.4 Å². The normalized spacial score (nSPS) is 13.0. The number of carbonyl (C=O) groups excluding carboxylic acids is 3. The average molecular weight is 887 g/mol. The summed E-state index contributed by atoms with van der Waals surface area (Å²) in [5.74, 6) is -0.971. The van der Waals surface area contributed by atoms with Crippen LogP contribution in [0.15, 0.2) is 109 Å². The van der Waals surface area contributed by atoms with Crippen LogP contribution in [-0.2, 0) is 28.6 Å². The fourth-order valence-corrected chi connectivity index (χ4v) is 6.84. The average Bonchev–Trinajstić information content (AvgIpc) is 3.29. The van der Waals surface area contributed by atoms with Crippen LogP contribution in [0.4, 0.5) is 0 Å². The largest absolute Gasteiger partial charge is 0.462 e. The van der Waals surface area contributed by atoms with E-state index < -0.39 is 6.10 Å². The molecule has 0 N–H and O–H groups in total. The molecule has 6 heteroatoms. The Bertz CT molecular complexity index is 1340. The Balaban J connectivity index is 4.52. The first-order valence-electron chi connectivity index (χ1n) is 26.0. The van der Waals surface area contributed by atoms with Gasteiger partial charge in [0, 0.05) is 19.3 Å². The predicted octanol–water partition coefficient (Wildman–Crippen LogP) is 17.1. The van der Waals surface area contributed by atoms with Crippen molar-refractivity contribution in [2.75, 3.05) is 13.2 Å². The molecule has 0 aliphatic heterocycles. The molecule has 0 aliphatic rings. The lowest BCUT2D eigenvalue weighted by Crippen LogP contribution is -2.30.